The topological polar surface area (TPSA) is 118 Å². The molecule has 3 rings (SSSR count). The van der Waals surface area contributed by atoms with Crippen LogP contribution in [-0.4, -0.2) is 62.9 Å². The number of Topliss-reactive ketones (excluding diaryl/α,β-unsaturated/α-hetero) is 1. The quantitative estimate of drug-likeness (QED) is 0.473. The molecule has 9 nitrogen and oxygen atoms in total. The van der Waals surface area contributed by atoms with Crippen LogP contribution in [0.25, 0.3) is 0 Å². The minimum atomic E-state index is -0.576. The van der Waals surface area contributed by atoms with Crippen LogP contribution in [0.5, 0.6) is 0 Å². The van der Waals surface area contributed by atoms with Crippen molar-refractivity contribution in [1.29, 1.82) is 0 Å². The molecule has 0 aromatic carbocycles. The van der Waals surface area contributed by atoms with Crippen molar-refractivity contribution in [3.63, 3.8) is 0 Å². The van der Waals surface area contributed by atoms with Gasteiger partial charge in [0, 0.05) is 43.9 Å². The van der Waals surface area contributed by atoms with Gasteiger partial charge in [0.15, 0.2) is 0 Å². The molecule has 2 aliphatic heterocycles. The van der Waals surface area contributed by atoms with Crippen LogP contribution < -0.4 is 0 Å². The first kappa shape index (κ1) is 24.4. The predicted molar refractivity (Wildman–Crippen MR) is 115 cm³/mol. The SMILES string of the molecule is CC(C)C(=O)CCSC1CC(=O)N(CC2CCC(C(=O)ON3C(=O)CCC3=O)CC2)C1=O. The van der Waals surface area contributed by atoms with Gasteiger partial charge in [-0.2, -0.15) is 0 Å². The van der Waals surface area contributed by atoms with Gasteiger partial charge in [0.1, 0.15) is 5.78 Å². The second-order valence-corrected chi connectivity index (χ2v) is 10.3. The lowest BCUT2D eigenvalue weighted by Crippen LogP contribution is -2.39. The van der Waals surface area contributed by atoms with E-state index in [9.17, 15) is 28.8 Å². The number of ketones is 1. The maximum absolute atomic E-state index is 12.7. The highest BCUT2D eigenvalue weighted by Crippen LogP contribution is 2.33. The minimum Gasteiger partial charge on any atom is -0.330 e. The van der Waals surface area contributed by atoms with Crippen LogP contribution in [0.2, 0.25) is 0 Å². The van der Waals surface area contributed by atoms with Gasteiger partial charge in [-0.25, -0.2) is 4.79 Å². The summed E-state index contributed by atoms with van der Waals surface area (Å²) in [5.74, 6) is -1.59. The summed E-state index contributed by atoms with van der Waals surface area (Å²) < 4.78 is 0. The largest absolute Gasteiger partial charge is 0.336 e. The molecule has 3 fully saturated rings. The highest BCUT2D eigenvalue weighted by Gasteiger charge is 2.41. The molecule has 1 saturated carbocycles. The van der Waals surface area contributed by atoms with Crippen molar-refractivity contribution >= 4 is 47.1 Å². The summed E-state index contributed by atoms with van der Waals surface area (Å²) in [4.78, 5) is 78.7. The van der Waals surface area contributed by atoms with Gasteiger partial charge < -0.3 is 4.84 Å². The van der Waals surface area contributed by atoms with Gasteiger partial charge in [-0.1, -0.05) is 13.8 Å². The number of hydrogen-bond acceptors (Lipinski definition) is 8. The molecule has 1 atom stereocenters. The Hall–Kier alpha value is -2.23. The Morgan fingerprint density at radius 2 is 1.62 bits per heavy atom. The third kappa shape index (κ3) is 5.76. The molecule has 2 heterocycles. The molecule has 0 radical (unpaired) electrons. The smallest absolute Gasteiger partial charge is 0.330 e. The monoisotopic (exact) mass is 466 g/mol. The molecule has 176 valence electrons. The summed E-state index contributed by atoms with van der Waals surface area (Å²) in [6, 6.07) is 0. The number of rotatable bonds is 9. The van der Waals surface area contributed by atoms with Crippen molar-refractivity contribution in [3.05, 3.63) is 0 Å². The van der Waals surface area contributed by atoms with Crippen LogP contribution in [0.4, 0.5) is 0 Å². The average Bonchev–Trinajstić information content (AvgIpc) is 3.21. The summed E-state index contributed by atoms with van der Waals surface area (Å²) in [5, 5.41) is 0.145. The minimum absolute atomic E-state index is 0.0308. The van der Waals surface area contributed by atoms with E-state index in [-0.39, 0.29) is 48.7 Å². The Labute approximate surface area is 191 Å². The number of hydroxylamine groups is 2. The van der Waals surface area contributed by atoms with Crippen LogP contribution in [0, 0.1) is 17.8 Å². The van der Waals surface area contributed by atoms with Gasteiger partial charge in [0.25, 0.3) is 11.8 Å². The van der Waals surface area contributed by atoms with Gasteiger partial charge in [-0.15, -0.1) is 16.8 Å². The lowest BCUT2D eigenvalue weighted by molar-refractivity contribution is -0.201. The van der Waals surface area contributed by atoms with E-state index >= 15 is 0 Å². The molecule has 2 saturated heterocycles. The van der Waals surface area contributed by atoms with E-state index in [1.54, 1.807) is 0 Å². The third-order valence-corrected chi connectivity index (χ3v) is 7.53. The molecule has 0 bridgehead atoms. The number of hydrogen-bond donors (Lipinski definition) is 0. The standard InChI is InChI=1S/C22H30N2O7S/c1-13(2)16(25)9-10-32-17-11-20(28)23(21(17)29)12-14-3-5-15(6-4-14)22(30)31-24-18(26)7-8-19(24)27/h13-15,17H,3-12H2,1-2H3. The van der Waals surface area contributed by atoms with Gasteiger partial charge >= 0.3 is 5.97 Å². The second-order valence-electron chi connectivity index (χ2n) is 8.99. The second kappa shape index (κ2) is 10.6. The number of likely N-dealkylation sites (tertiary alicyclic amines) is 1. The molecule has 0 spiro atoms. The summed E-state index contributed by atoms with van der Waals surface area (Å²) >= 11 is 1.37. The van der Waals surface area contributed by atoms with Crippen LogP contribution in [0.1, 0.15) is 65.2 Å². The fourth-order valence-corrected chi connectivity index (χ4v) is 5.36. The van der Waals surface area contributed by atoms with E-state index < -0.39 is 29.0 Å². The van der Waals surface area contributed by atoms with Crippen LogP contribution in [0.15, 0.2) is 0 Å². The van der Waals surface area contributed by atoms with E-state index in [0.29, 0.717) is 49.5 Å². The molecule has 10 heteroatoms. The molecule has 0 aromatic rings. The normalized spacial score (nSPS) is 26.4. The number of thioether (sulfide) groups is 1. The zero-order chi connectivity index (χ0) is 23.4. The fourth-order valence-electron chi connectivity index (χ4n) is 4.23. The highest BCUT2D eigenvalue weighted by atomic mass is 32.2. The van der Waals surface area contributed by atoms with Crippen molar-refractivity contribution in [2.24, 2.45) is 17.8 Å². The van der Waals surface area contributed by atoms with E-state index in [2.05, 4.69) is 0 Å². The molecular weight excluding hydrogens is 436 g/mol. The summed E-state index contributed by atoms with van der Waals surface area (Å²) in [6.45, 7) is 4.03. The first-order valence-electron chi connectivity index (χ1n) is 11.2. The molecular formula is C22H30N2O7S. The van der Waals surface area contributed by atoms with Gasteiger partial charge in [0.2, 0.25) is 11.8 Å². The Morgan fingerprint density at radius 3 is 2.22 bits per heavy atom. The lowest BCUT2D eigenvalue weighted by atomic mass is 9.82. The molecule has 1 unspecified atom stereocenters. The van der Waals surface area contributed by atoms with Crippen LogP contribution in [0.3, 0.4) is 0 Å². The summed E-state index contributed by atoms with van der Waals surface area (Å²) in [6.07, 6.45) is 3.03. The number of carbonyl (C=O) groups is 6. The van der Waals surface area contributed by atoms with E-state index in [1.807, 2.05) is 13.8 Å². The molecule has 0 aromatic heterocycles. The van der Waals surface area contributed by atoms with Gasteiger partial charge in [-0.05, 0) is 31.6 Å². The van der Waals surface area contributed by atoms with E-state index in [4.69, 9.17) is 4.84 Å². The zero-order valence-corrected chi connectivity index (χ0v) is 19.4. The Morgan fingerprint density at radius 1 is 1.00 bits per heavy atom. The van der Waals surface area contributed by atoms with Gasteiger partial charge in [-0.3, -0.25) is 28.9 Å². The lowest BCUT2D eigenvalue weighted by Gasteiger charge is -2.30. The van der Waals surface area contributed by atoms with E-state index in [1.165, 1.54) is 16.7 Å². The summed E-state index contributed by atoms with van der Waals surface area (Å²) in [7, 11) is 0. The number of carbonyl (C=O) groups excluding carboxylic acids is 6. The van der Waals surface area contributed by atoms with Crippen molar-refractivity contribution in [1.82, 2.24) is 9.96 Å². The molecule has 32 heavy (non-hydrogen) atoms. The molecule has 1 aliphatic carbocycles. The number of nitrogens with zero attached hydrogens (tertiary/aromatic N) is 2. The maximum atomic E-state index is 12.7. The van der Waals surface area contributed by atoms with E-state index in [0.717, 1.165) is 0 Å². The van der Waals surface area contributed by atoms with Crippen molar-refractivity contribution < 1.29 is 33.6 Å². The third-order valence-electron chi connectivity index (χ3n) is 6.32. The summed E-state index contributed by atoms with van der Waals surface area (Å²) in [5.41, 5.74) is 0. The van der Waals surface area contributed by atoms with Crippen LogP contribution in [-0.2, 0) is 33.6 Å². The van der Waals surface area contributed by atoms with Crippen molar-refractivity contribution in [2.75, 3.05) is 12.3 Å². The first-order valence-corrected chi connectivity index (χ1v) is 12.3. The first-order chi connectivity index (χ1) is 15.2. The highest BCUT2D eigenvalue weighted by molar-refractivity contribution is 8.00. The molecule has 3 aliphatic rings. The maximum Gasteiger partial charge on any atom is 0.336 e. The number of imide groups is 2. The Bertz CT molecular complexity index is 788. The van der Waals surface area contributed by atoms with Gasteiger partial charge in [0.05, 0.1) is 11.2 Å². The molecule has 0 N–H and O–H groups in total. The van der Waals surface area contributed by atoms with Crippen molar-refractivity contribution in [3.8, 4) is 0 Å². The van der Waals surface area contributed by atoms with Crippen LogP contribution >= 0.6 is 11.8 Å². The molecule has 4 amide bonds. The average molecular weight is 467 g/mol. The number of amides is 4. The Kier molecular flexibility index (Phi) is 8.08. The fraction of sp³-hybridized carbons (Fsp3) is 0.727. The zero-order valence-electron chi connectivity index (χ0n) is 18.5. The predicted octanol–water partition coefficient (Wildman–Crippen LogP) is 1.88. The van der Waals surface area contributed by atoms with Crippen molar-refractivity contribution in [2.45, 2.75) is 70.5 Å². The Balaban J connectivity index is 1.42.